The second-order valence-electron chi connectivity index (χ2n) is 5.37. The van der Waals surface area contributed by atoms with Crippen LogP contribution in [0.2, 0.25) is 0 Å². The van der Waals surface area contributed by atoms with Gasteiger partial charge >= 0.3 is 0 Å². The topological polar surface area (TPSA) is 76.0 Å². The molecule has 1 saturated heterocycles. The molecule has 0 atom stereocenters. The number of phenolic OH excluding ortho intramolecular Hbond substituents is 3. The first-order valence-corrected chi connectivity index (χ1v) is 7.34. The van der Waals surface area contributed by atoms with Crippen LogP contribution in [0, 0.1) is 0 Å². The number of benzene rings is 1. The first-order chi connectivity index (χ1) is 9.68. The fraction of sp³-hybridized carbons (Fsp3) is 0.600. The fourth-order valence-corrected chi connectivity index (χ4v) is 2.59. The largest absolute Gasteiger partial charge is 0.504 e. The molecule has 1 heterocycles. The first-order valence-electron chi connectivity index (χ1n) is 7.34. The van der Waals surface area contributed by atoms with Crippen LogP contribution in [0.15, 0.2) is 12.1 Å². The van der Waals surface area contributed by atoms with Crippen molar-refractivity contribution in [2.75, 3.05) is 26.2 Å². The Morgan fingerprint density at radius 3 is 2.50 bits per heavy atom. The summed E-state index contributed by atoms with van der Waals surface area (Å²) in [5.41, 5.74) is 0.596. The molecule has 0 bridgehead atoms. The highest BCUT2D eigenvalue weighted by Crippen LogP contribution is 2.36. The van der Waals surface area contributed by atoms with E-state index in [1.54, 1.807) is 6.07 Å². The Morgan fingerprint density at radius 2 is 1.75 bits per heavy atom. The van der Waals surface area contributed by atoms with Crippen LogP contribution >= 0.6 is 0 Å². The maximum Gasteiger partial charge on any atom is 0.200 e. The smallest absolute Gasteiger partial charge is 0.200 e. The van der Waals surface area contributed by atoms with Crippen LogP contribution in [0.25, 0.3) is 0 Å². The zero-order valence-corrected chi connectivity index (χ0v) is 11.8. The third-order valence-corrected chi connectivity index (χ3v) is 3.81. The second kappa shape index (κ2) is 7.36. The normalized spacial score (nSPS) is 16.4. The molecule has 5 nitrogen and oxygen atoms in total. The van der Waals surface area contributed by atoms with E-state index in [-0.39, 0.29) is 11.5 Å². The Balaban J connectivity index is 1.67. The van der Waals surface area contributed by atoms with E-state index in [2.05, 4.69) is 10.2 Å². The molecule has 5 heteroatoms. The van der Waals surface area contributed by atoms with Crippen molar-refractivity contribution in [3.8, 4) is 17.2 Å². The lowest BCUT2D eigenvalue weighted by Gasteiger charge is -2.26. The molecule has 0 amide bonds. The number of piperidine rings is 1. The molecule has 1 fully saturated rings. The number of rotatable bonds is 6. The standard InChI is InChI=1S/C15H24N2O3/c18-13-6-5-12(14(19)15(13)20)11-16-7-4-10-17-8-2-1-3-9-17/h5-6,16,18-20H,1-4,7-11H2. The van der Waals surface area contributed by atoms with Crippen molar-refractivity contribution in [1.29, 1.82) is 0 Å². The van der Waals surface area contributed by atoms with Crippen LogP contribution in [-0.4, -0.2) is 46.4 Å². The van der Waals surface area contributed by atoms with Gasteiger partial charge in [-0.25, -0.2) is 0 Å². The number of hydrogen-bond acceptors (Lipinski definition) is 5. The lowest BCUT2D eigenvalue weighted by Crippen LogP contribution is -2.32. The van der Waals surface area contributed by atoms with E-state index in [0.29, 0.717) is 12.1 Å². The van der Waals surface area contributed by atoms with Crippen molar-refractivity contribution in [2.45, 2.75) is 32.2 Å². The summed E-state index contributed by atoms with van der Waals surface area (Å²) in [5.74, 6) is -0.984. The van der Waals surface area contributed by atoms with Crippen LogP contribution in [0.4, 0.5) is 0 Å². The number of phenols is 3. The molecule has 1 aromatic carbocycles. The van der Waals surface area contributed by atoms with E-state index in [1.807, 2.05) is 0 Å². The molecule has 0 aliphatic carbocycles. The molecule has 112 valence electrons. The molecule has 1 aromatic rings. The molecule has 0 saturated carbocycles. The monoisotopic (exact) mass is 280 g/mol. The highest BCUT2D eigenvalue weighted by Gasteiger charge is 2.11. The molecule has 0 aromatic heterocycles. The SMILES string of the molecule is Oc1ccc(CNCCCN2CCCCC2)c(O)c1O. The quantitative estimate of drug-likeness (QED) is 0.472. The Morgan fingerprint density at radius 1 is 1.00 bits per heavy atom. The Bertz CT molecular complexity index is 431. The van der Waals surface area contributed by atoms with Gasteiger partial charge in [-0.2, -0.15) is 0 Å². The lowest BCUT2D eigenvalue weighted by molar-refractivity contribution is 0.225. The molecular formula is C15H24N2O3. The van der Waals surface area contributed by atoms with E-state index in [4.69, 9.17) is 0 Å². The third-order valence-electron chi connectivity index (χ3n) is 3.81. The predicted molar refractivity (Wildman–Crippen MR) is 78.1 cm³/mol. The second-order valence-corrected chi connectivity index (χ2v) is 5.37. The molecule has 1 aliphatic rings. The zero-order chi connectivity index (χ0) is 14.4. The summed E-state index contributed by atoms with van der Waals surface area (Å²) in [4.78, 5) is 2.50. The van der Waals surface area contributed by atoms with Crippen molar-refractivity contribution < 1.29 is 15.3 Å². The fourth-order valence-electron chi connectivity index (χ4n) is 2.59. The summed E-state index contributed by atoms with van der Waals surface area (Å²) < 4.78 is 0. The van der Waals surface area contributed by atoms with E-state index in [9.17, 15) is 15.3 Å². The van der Waals surface area contributed by atoms with Crippen LogP contribution in [0.3, 0.4) is 0 Å². The maximum atomic E-state index is 9.68. The van der Waals surface area contributed by atoms with Crippen molar-refractivity contribution >= 4 is 0 Å². The van der Waals surface area contributed by atoms with Gasteiger partial charge in [0.15, 0.2) is 11.5 Å². The zero-order valence-electron chi connectivity index (χ0n) is 11.8. The minimum atomic E-state index is -0.447. The molecule has 20 heavy (non-hydrogen) atoms. The molecule has 0 unspecified atom stereocenters. The number of nitrogens with one attached hydrogen (secondary N) is 1. The Labute approximate surface area is 119 Å². The van der Waals surface area contributed by atoms with Crippen molar-refractivity contribution in [1.82, 2.24) is 10.2 Å². The van der Waals surface area contributed by atoms with E-state index in [1.165, 1.54) is 38.4 Å². The predicted octanol–water partition coefficient (Wildman–Crippen LogP) is 1.77. The summed E-state index contributed by atoms with van der Waals surface area (Å²) in [5, 5.41) is 31.6. The average molecular weight is 280 g/mol. The highest BCUT2D eigenvalue weighted by atomic mass is 16.3. The summed E-state index contributed by atoms with van der Waals surface area (Å²) in [7, 11) is 0. The van der Waals surface area contributed by atoms with Crippen LogP contribution in [0.5, 0.6) is 17.2 Å². The van der Waals surface area contributed by atoms with Crippen molar-refractivity contribution in [2.24, 2.45) is 0 Å². The lowest BCUT2D eigenvalue weighted by atomic mass is 10.1. The van der Waals surface area contributed by atoms with E-state index < -0.39 is 5.75 Å². The number of hydrogen-bond donors (Lipinski definition) is 4. The van der Waals surface area contributed by atoms with Gasteiger partial charge < -0.3 is 25.5 Å². The molecule has 0 spiro atoms. The van der Waals surface area contributed by atoms with Gasteiger partial charge in [0.1, 0.15) is 0 Å². The Kier molecular flexibility index (Phi) is 5.49. The number of aromatic hydroxyl groups is 3. The summed E-state index contributed by atoms with van der Waals surface area (Å²) >= 11 is 0. The summed E-state index contributed by atoms with van der Waals surface area (Å²) in [6, 6.07) is 3.00. The van der Waals surface area contributed by atoms with Crippen molar-refractivity contribution in [3.05, 3.63) is 17.7 Å². The van der Waals surface area contributed by atoms with Gasteiger partial charge in [0.25, 0.3) is 0 Å². The van der Waals surface area contributed by atoms with Gasteiger partial charge in [-0.1, -0.05) is 12.5 Å². The minimum absolute atomic E-state index is 0.242. The minimum Gasteiger partial charge on any atom is -0.504 e. The average Bonchev–Trinajstić information content (AvgIpc) is 2.48. The van der Waals surface area contributed by atoms with Gasteiger partial charge in [-0.05, 0) is 51.5 Å². The number of nitrogens with zero attached hydrogens (tertiary/aromatic N) is 1. The molecule has 1 aliphatic heterocycles. The number of likely N-dealkylation sites (tertiary alicyclic amines) is 1. The van der Waals surface area contributed by atoms with Gasteiger partial charge in [0, 0.05) is 12.1 Å². The van der Waals surface area contributed by atoms with Gasteiger partial charge in [-0.15, -0.1) is 0 Å². The molecular weight excluding hydrogens is 256 g/mol. The highest BCUT2D eigenvalue weighted by molar-refractivity contribution is 5.52. The van der Waals surface area contributed by atoms with E-state index in [0.717, 1.165) is 19.5 Å². The Hall–Kier alpha value is -1.46. The van der Waals surface area contributed by atoms with E-state index >= 15 is 0 Å². The molecule has 0 radical (unpaired) electrons. The van der Waals surface area contributed by atoms with Gasteiger partial charge in [0.2, 0.25) is 5.75 Å². The third kappa shape index (κ3) is 4.02. The van der Waals surface area contributed by atoms with Crippen LogP contribution < -0.4 is 5.32 Å². The molecule has 2 rings (SSSR count). The first kappa shape index (κ1) is 14.9. The summed E-state index contributed by atoms with van der Waals surface area (Å²) in [6.07, 6.45) is 5.06. The van der Waals surface area contributed by atoms with Crippen LogP contribution in [-0.2, 0) is 6.54 Å². The van der Waals surface area contributed by atoms with Gasteiger partial charge in [0.05, 0.1) is 0 Å². The van der Waals surface area contributed by atoms with Crippen LogP contribution in [0.1, 0.15) is 31.2 Å². The van der Waals surface area contributed by atoms with Crippen molar-refractivity contribution in [3.63, 3.8) is 0 Å². The molecule has 4 N–H and O–H groups in total. The van der Waals surface area contributed by atoms with Gasteiger partial charge in [-0.3, -0.25) is 0 Å². The maximum absolute atomic E-state index is 9.68. The summed E-state index contributed by atoms with van der Waals surface area (Å²) in [6.45, 7) is 4.90.